The van der Waals surface area contributed by atoms with Gasteiger partial charge in [-0.1, -0.05) is 12.5 Å². The number of benzene rings is 1. The summed E-state index contributed by atoms with van der Waals surface area (Å²) in [6.07, 6.45) is 4.30. The smallest absolute Gasteiger partial charge is 0.254 e. The number of nitrogens with one attached hydrogen (secondary N) is 1. The highest BCUT2D eigenvalue weighted by molar-refractivity contribution is 7.89. The third-order valence-electron chi connectivity index (χ3n) is 5.22. The Morgan fingerprint density at radius 2 is 1.82 bits per heavy atom. The minimum absolute atomic E-state index is 0.0447. The second kappa shape index (κ2) is 8.40. The minimum Gasteiger partial charge on any atom is -0.339 e. The van der Waals surface area contributed by atoms with Gasteiger partial charge >= 0.3 is 0 Å². The molecule has 0 unspecified atom stereocenters. The molecule has 2 fully saturated rings. The molecule has 1 aromatic carbocycles. The second-order valence-corrected chi connectivity index (χ2v) is 8.77. The maximum Gasteiger partial charge on any atom is 0.254 e. The van der Waals surface area contributed by atoms with Crippen molar-refractivity contribution in [1.82, 2.24) is 14.5 Å². The van der Waals surface area contributed by atoms with E-state index in [0.717, 1.165) is 31.4 Å². The van der Waals surface area contributed by atoms with Crippen LogP contribution in [0, 0.1) is 11.7 Å². The maximum absolute atomic E-state index is 14.0. The second-order valence-electron chi connectivity index (χ2n) is 7.03. The summed E-state index contributed by atoms with van der Waals surface area (Å²) in [5.41, 5.74) is 0.0964. The van der Waals surface area contributed by atoms with Crippen LogP contribution in [-0.2, 0) is 14.8 Å². The Labute approximate surface area is 164 Å². The zero-order chi connectivity index (χ0) is 20.3. The summed E-state index contributed by atoms with van der Waals surface area (Å²) in [4.78, 5) is 27.8. The standard InChI is InChI=1S/C19H24FN3O4S/c1-2-8-21-28(26,27)17-13-15(6-7-16(17)20)19(25)23-11-9-22(10-12-23)18(24)14-4-3-5-14/h2,6-7,13-14,21H,1,3-5,8-12H2. The molecule has 3 rings (SSSR count). The van der Waals surface area contributed by atoms with Crippen molar-refractivity contribution in [2.45, 2.75) is 24.2 Å². The summed E-state index contributed by atoms with van der Waals surface area (Å²) in [5.74, 6) is -1.03. The van der Waals surface area contributed by atoms with E-state index in [0.29, 0.717) is 26.2 Å². The van der Waals surface area contributed by atoms with E-state index in [-0.39, 0.29) is 29.8 Å². The topological polar surface area (TPSA) is 86.8 Å². The molecule has 7 nitrogen and oxygen atoms in total. The minimum atomic E-state index is -4.09. The normalized spacial score (nSPS) is 17.9. The van der Waals surface area contributed by atoms with Crippen molar-refractivity contribution in [3.05, 3.63) is 42.2 Å². The maximum atomic E-state index is 14.0. The van der Waals surface area contributed by atoms with Crippen LogP contribution in [0.5, 0.6) is 0 Å². The SMILES string of the molecule is C=CCNS(=O)(=O)c1cc(C(=O)N2CCN(C(=O)C3CCC3)CC2)ccc1F. The number of sulfonamides is 1. The predicted molar refractivity (Wildman–Crippen MR) is 102 cm³/mol. The lowest BCUT2D eigenvalue weighted by Crippen LogP contribution is -2.52. The molecule has 152 valence electrons. The van der Waals surface area contributed by atoms with E-state index in [1.54, 1.807) is 9.80 Å². The Morgan fingerprint density at radius 1 is 1.18 bits per heavy atom. The molecule has 0 spiro atoms. The van der Waals surface area contributed by atoms with Crippen molar-refractivity contribution >= 4 is 21.8 Å². The molecule has 9 heteroatoms. The fraction of sp³-hybridized carbons (Fsp3) is 0.474. The average Bonchev–Trinajstić information content (AvgIpc) is 2.65. The molecule has 0 aromatic heterocycles. The van der Waals surface area contributed by atoms with Crippen LogP contribution < -0.4 is 4.72 Å². The number of hydrogen-bond donors (Lipinski definition) is 1. The highest BCUT2D eigenvalue weighted by Crippen LogP contribution is 2.28. The quantitative estimate of drug-likeness (QED) is 0.719. The zero-order valence-electron chi connectivity index (χ0n) is 15.6. The van der Waals surface area contributed by atoms with E-state index in [2.05, 4.69) is 11.3 Å². The molecule has 0 bridgehead atoms. The van der Waals surface area contributed by atoms with Crippen LogP contribution in [0.25, 0.3) is 0 Å². The van der Waals surface area contributed by atoms with Gasteiger partial charge in [0.25, 0.3) is 5.91 Å². The molecule has 28 heavy (non-hydrogen) atoms. The molecule has 0 atom stereocenters. The van der Waals surface area contributed by atoms with E-state index in [4.69, 9.17) is 0 Å². The number of piperazine rings is 1. The summed E-state index contributed by atoms with van der Waals surface area (Å²) in [5, 5.41) is 0. The van der Waals surface area contributed by atoms with Crippen molar-refractivity contribution in [3.63, 3.8) is 0 Å². The van der Waals surface area contributed by atoms with Crippen LogP contribution in [0.1, 0.15) is 29.6 Å². The van der Waals surface area contributed by atoms with Gasteiger partial charge in [-0.2, -0.15) is 0 Å². The van der Waals surface area contributed by atoms with Crippen LogP contribution in [0.2, 0.25) is 0 Å². The van der Waals surface area contributed by atoms with Gasteiger partial charge in [-0.3, -0.25) is 9.59 Å². The third-order valence-corrected chi connectivity index (χ3v) is 6.66. The molecular weight excluding hydrogens is 385 g/mol. The molecule has 0 radical (unpaired) electrons. The molecular formula is C19H24FN3O4S. The lowest BCUT2D eigenvalue weighted by Gasteiger charge is -2.38. The number of rotatable bonds is 6. The van der Waals surface area contributed by atoms with Crippen LogP contribution in [0.15, 0.2) is 35.7 Å². The van der Waals surface area contributed by atoms with Crippen molar-refractivity contribution in [2.24, 2.45) is 5.92 Å². The highest BCUT2D eigenvalue weighted by Gasteiger charge is 2.32. The molecule has 2 amide bonds. The molecule has 1 N–H and O–H groups in total. The summed E-state index contributed by atoms with van der Waals surface area (Å²) in [7, 11) is -4.09. The van der Waals surface area contributed by atoms with E-state index in [1.165, 1.54) is 12.1 Å². The molecule has 1 heterocycles. The summed E-state index contributed by atoms with van der Waals surface area (Å²) in [6, 6.07) is 3.30. The fourth-order valence-corrected chi connectivity index (χ4v) is 4.41. The van der Waals surface area contributed by atoms with Crippen molar-refractivity contribution in [1.29, 1.82) is 0 Å². The Balaban J connectivity index is 1.68. The van der Waals surface area contributed by atoms with Crippen LogP contribution in [-0.4, -0.2) is 62.8 Å². The van der Waals surface area contributed by atoms with Gasteiger partial charge in [0.2, 0.25) is 15.9 Å². The largest absolute Gasteiger partial charge is 0.339 e. The Morgan fingerprint density at radius 3 is 2.39 bits per heavy atom. The predicted octanol–water partition coefficient (Wildman–Crippen LogP) is 1.37. The Bertz CT molecular complexity index is 875. The number of carbonyl (C=O) groups is 2. The Hall–Kier alpha value is -2.26. The van der Waals surface area contributed by atoms with Gasteiger partial charge in [0.05, 0.1) is 0 Å². The molecule has 1 aromatic rings. The summed E-state index contributed by atoms with van der Waals surface area (Å²) >= 11 is 0. The number of hydrogen-bond acceptors (Lipinski definition) is 4. The zero-order valence-corrected chi connectivity index (χ0v) is 16.4. The first-order chi connectivity index (χ1) is 13.3. The highest BCUT2D eigenvalue weighted by atomic mass is 32.2. The van der Waals surface area contributed by atoms with Gasteiger partial charge in [-0.05, 0) is 31.0 Å². The van der Waals surface area contributed by atoms with Crippen molar-refractivity contribution < 1.29 is 22.4 Å². The third kappa shape index (κ3) is 4.25. The monoisotopic (exact) mass is 409 g/mol. The average molecular weight is 409 g/mol. The van der Waals surface area contributed by atoms with E-state index in [9.17, 15) is 22.4 Å². The molecule has 1 saturated heterocycles. The molecule has 1 aliphatic carbocycles. The summed E-state index contributed by atoms with van der Waals surface area (Å²) in [6.45, 7) is 5.01. The summed E-state index contributed by atoms with van der Waals surface area (Å²) < 4.78 is 40.7. The van der Waals surface area contributed by atoms with Gasteiger partial charge in [0.1, 0.15) is 10.7 Å². The van der Waals surface area contributed by atoms with Crippen molar-refractivity contribution in [2.75, 3.05) is 32.7 Å². The van der Waals surface area contributed by atoms with Gasteiger partial charge in [0.15, 0.2) is 0 Å². The Kier molecular flexibility index (Phi) is 6.14. The fourth-order valence-electron chi connectivity index (χ4n) is 3.31. The first kappa shape index (κ1) is 20.5. The van der Waals surface area contributed by atoms with Gasteiger partial charge in [-0.15, -0.1) is 6.58 Å². The van der Waals surface area contributed by atoms with Crippen LogP contribution in [0.4, 0.5) is 4.39 Å². The molecule has 1 aliphatic heterocycles. The number of halogens is 1. The number of carbonyl (C=O) groups excluding carboxylic acids is 2. The first-order valence-corrected chi connectivity index (χ1v) is 10.8. The lowest BCUT2D eigenvalue weighted by atomic mass is 9.84. The molecule has 2 aliphatic rings. The van der Waals surface area contributed by atoms with Crippen molar-refractivity contribution in [3.8, 4) is 0 Å². The van der Waals surface area contributed by atoms with E-state index >= 15 is 0 Å². The number of nitrogens with zero attached hydrogens (tertiary/aromatic N) is 2. The lowest BCUT2D eigenvalue weighted by molar-refractivity contribution is -0.139. The van der Waals surface area contributed by atoms with Gasteiger partial charge in [-0.25, -0.2) is 17.5 Å². The van der Waals surface area contributed by atoms with Crippen LogP contribution >= 0.6 is 0 Å². The van der Waals surface area contributed by atoms with E-state index < -0.39 is 20.7 Å². The first-order valence-electron chi connectivity index (χ1n) is 9.31. The molecule has 1 saturated carbocycles. The van der Waals surface area contributed by atoms with E-state index in [1.807, 2.05) is 0 Å². The number of amides is 2. The van der Waals surface area contributed by atoms with Crippen LogP contribution in [0.3, 0.4) is 0 Å². The van der Waals surface area contributed by atoms with Gasteiger partial charge in [0, 0.05) is 44.2 Å². The van der Waals surface area contributed by atoms with Gasteiger partial charge < -0.3 is 9.80 Å².